The van der Waals surface area contributed by atoms with Gasteiger partial charge in [0.1, 0.15) is 0 Å². The van der Waals surface area contributed by atoms with Gasteiger partial charge in [0.05, 0.1) is 12.4 Å². The van der Waals surface area contributed by atoms with Crippen LogP contribution in [0.4, 0.5) is 5.95 Å². The summed E-state index contributed by atoms with van der Waals surface area (Å²) in [7, 11) is 1.78. The lowest BCUT2D eigenvalue weighted by Crippen LogP contribution is -2.07. The van der Waals surface area contributed by atoms with Gasteiger partial charge in [-0.1, -0.05) is 0 Å². The number of anilines is 1. The normalized spacial score (nSPS) is 10.6. The van der Waals surface area contributed by atoms with E-state index in [1.54, 1.807) is 42.6 Å². The molecule has 9 heteroatoms. The predicted molar refractivity (Wildman–Crippen MR) is 64.6 cm³/mol. The third-order valence-electron chi connectivity index (χ3n) is 2.22. The van der Waals surface area contributed by atoms with Gasteiger partial charge in [0.2, 0.25) is 5.95 Å². The molecule has 0 unspecified atom stereocenters. The average Bonchev–Trinajstić information content (AvgIpc) is 3.00. The fourth-order valence-corrected chi connectivity index (χ4v) is 1.45. The Kier molecular flexibility index (Phi) is 2.56. The summed E-state index contributed by atoms with van der Waals surface area (Å²) in [6.45, 7) is 0. The van der Waals surface area contributed by atoms with E-state index in [2.05, 4.69) is 25.1 Å². The molecule has 3 aromatic rings. The van der Waals surface area contributed by atoms with Crippen molar-refractivity contribution in [2.24, 2.45) is 7.05 Å². The summed E-state index contributed by atoms with van der Waals surface area (Å²) in [6.07, 6.45) is 6.55. The van der Waals surface area contributed by atoms with E-state index in [1.807, 2.05) is 0 Å². The molecule has 0 amide bonds. The van der Waals surface area contributed by atoms with Crippen LogP contribution in [0.5, 0.6) is 11.8 Å². The van der Waals surface area contributed by atoms with Gasteiger partial charge in [-0.3, -0.25) is 4.68 Å². The van der Waals surface area contributed by atoms with Crippen LogP contribution < -0.4 is 10.5 Å². The first kappa shape index (κ1) is 11.1. The lowest BCUT2D eigenvalue weighted by molar-refractivity contribution is 0.438. The highest BCUT2D eigenvalue weighted by Gasteiger charge is 2.09. The minimum atomic E-state index is 0.0550. The number of nitrogens with two attached hydrogens (primary N) is 1. The number of nitrogens with zero attached hydrogens (tertiary/aromatic N) is 7. The number of rotatable bonds is 3. The highest BCUT2D eigenvalue weighted by atomic mass is 16.5. The molecule has 3 heterocycles. The van der Waals surface area contributed by atoms with E-state index >= 15 is 0 Å². The number of hydrogen-bond donors (Lipinski definition) is 1. The largest absolute Gasteiger partial charge is 0.421 e. The molecule has 19 heavy (non-hydrogen) atoms. The van der Waals surface area contributed by atoms with Gasteiger partial charge in [0.25, 0.3) is 5.95 Å². The molecular weight excluding hydrogens is 248 g/mol. The van der Waals surface area contributed by atoms with Crippen LogP contribution in [-0.2, 0) is 7.05 Å². The van der Waals surface area contributed by atoms with Crippen molar-refractivity contribution < 1.29 is 4.74 Å². The van der Waals surface area contributed by atoms with Gasteiger partial charge >= 0.3 is 6.01 Å². The molecule has 0 saturated heterocycles. The predicted octanol–water partition coefficient (Wildman–Crippen LogP) is 0.165. The molecule has 96 valence electrons. The van der Waals surface area contributed by atoms with E-state index < -0.39 is 0 Å². The molecule has 0 spiro atoms. The SMILES string of the molecule is Cn1cc(Oc2nc(N)nc(-n3cccn3)n2)cn1. The fraction of sp³-hybridized carbons (Fsp3) is 0.100. The van der Waals surface area contributed by atoms with Crippen molar-refractivity contribution in [3.63, 3.8) is 0 Å². The van der Waals surface area contributed by atoms with E-state index in [0.717, 1.165) is 0 Å². The monoisotopic (exact) mass is 258 g/mol. The number of ether oxygens (including phenoxy) is 1. The van der Waals surface area contributed by atoms with Gasteiger partial charge in [-0.25, -0.2) is 4.68 Å². The highest BCUT2D eigenvalue weighted by Crippen LogP contribution is 2.17. The van der Waals surface area contributed by atoms with Gasteiger partial charge in [-0.2, -0.15) is 25.1 Å². The molecule has 0 aromatic carbocycles. The van der Waals surface area contributed by atoms with E-state index in [0.29, 0.717) is 5.75 Å². The maximum Gasteiger partial charge on any atom is 0.328 e. The summed E-state index contributed by atoms with van der Waals surface area (Å²) in [5.74, 6) is 0.857. The van der Waals surface area contributed by atoms with Crippen molar-refractivity contribution in [3.05, 3.63) is 30.9 Å². The molecule has 3 rings (SSSR count). The first-order valence-electron chi connectivity index (χ1n) is 5.39. The summed E-state index contributed by atoms with van der Waals surface area (Å²) in [6, 6.07) is 1.84. The van der Waals surface area contributed by atoms with Crippen molar-refractivity contribution in [1.29, 1.82) is 0 Å². The Morgan fingerprint density at radius 2 is 2.11 bits per heavy atom. The van der Waals surface area contributed by atoms with Crippen LogP contribution in [0.1, 0.15) is 0 Å². The summed E-state index contributed by atoms with van der Waals surface area (Å²) in [5.41, 5.74) is 5.62. The standard InChI is InChI=1S/C10H10N8O/c1-17-6-7(5-13-17)19-10-15-8(11)14-9(16-10)18-4-2-3-12-18/h2-6H,1H3,(H2,11,14,15,16). The minimum absolute atomic E-state index is 0.0550. The van der Waals surface area contributed by atoms with Crippen LogP contribution >= 0.6 is 0 Å². The van der Waals surface area contributed by atoms with Gasteiger partial charge in [-0.15, -0.1) is 0 Å². The number of aryl methyl sites for hydroxylation is 1. The van der Waals surface area contributed by atoms with Crippen LogP contribution in [0, 0.1) is 0 Å². The molecule has 0 bridgehead atoms. The third kappa shape index (κ3) is 2.34. The second-order valence-electron chi connectivity index (χ2n) is 3.68. The van der Waals surface area contributed by atoms with Crippen molar-refractivity contribution in [1.82, 2.24) is 34.5 Å². The van der Waals surface area contributed by atoms with Gasteiger partial charge in [0, 0.05) is 19.4 Å². The summed E-state index contributed by atoms with van der Waals surface area (Å²) >= 11 is 0. The molecule has 3 aromatic heterocycles. The molecule has 0 aliphatic rings. The van der Waals surface area contributed by atoms with Crippen molar-refractivity contribution in [2.45, 2.75) is 0 Å². The van der Waals surface area contributed by atoms with Crippen LogP contribution in [0.15, 0.2) is 30.9 Å². The Hall–Kier alpha value is -2.97. The zero-order valence-corrected chi connectivity index (χ0v) is 10.0. The quantitative estimate of drug-likeness (QED) is 0.712. The zero-order chi connectivity index (χ0) is 13.2. The van der Waals surface area contributed by atoms with Crippen LogP contribution in [0.3, 0.4) is 0 Å². The van der Waals surface area contributed by atoms with Crippen molar-refractivity contribution in [2.75, 3.05) is 5.73 Å². The maximum absolute atomic E-state index is 5.62. The van der Waals surface area contributed by atoms with Crippen LogP contribution in [-0.4, -0.2) is 34.5 Å². The molecular formula is C10H10N8O. The number of nitrogen functional groups attached to an aromatic ring is 1. The molecule has 0 radical (unpaired) electrons. The molecule has 0 saturated carbocycles. The molecule has 0 fully saturated rings. The first-order valence-corrected chi connectivity index (χ1v) is 5.39. The minimum Gasteiger partial charge on any atom is -0.421 e. The number of hydrogen-bond acceptors (Lipinski definition) is 7. The lowest BCUT2D eigenvalue weighted by Gasteiger charge is -2.04. The summed E-state index contributed by atoms with van der Waals surface area (Å²) in [5, 5.41) is 8.00. The van der Waals surface area contributed by atoms with Crippen molar-refractivity contribution >= 4 is 5.95 Å². The molecule has 0 atom stereocenters. The Morgan fingerprint density at radius 3 is 2.79 bits per heavy atom. The van der Waals surface area contributed by atoms with Crippen molar-refractivity contribution in [3.8, 4) is 17.7 Å². The van der Waals surface area contributed by atoms with E-state index in [1.165, 1.54) is 4.68 Å². The Balaban J connectivity index is 1.94. The van der Waals surface area contributed by atoms with Crippen LogP contribution in [0.2, 0.25) is 0 Å². The van der Waals surface area contributed by atoms with Gasteiger partial charge in [-0.05, 0) is 6.07 Å². The van der Waals surface area contributed by atoms with E-state index in [9.17, 15) is 0 Å². The first-order chi connectivity index (χ1) is 9.20. The third-order valence-corrected chi connectivity index (χ3v) is 2.22. The Labute approximate surface area is 107 Å². The van der Waals surface area contributed by atoms with E-state index in [4.69, 9.17) is 10.5 Å². The second-order valence-corrected chi connectivity index (χ2v) is 3.68. The van der Waals surface area contributed by atoms with Gasteiger partial charge < -0.3 is 10.5 Å². The Bertz CT molecular complexity index is 689. The molecule has 0 aliphatic heterocycles. The second kappa shape index (κ2) is 4.37. The molecule has 9 nitrogen and oxygen atoms in total. The summed E-state index contributed by atoms with van der Waals surface area (Å²) < 4.78 is 8.52. The Morgan fingerprint density at radius 1 is 1.21 bits per heavy atom. The van der Waals surface area contributed by atoms with Crippen LogP contribution in [0.25, 0.3) is 5.95 Å². The lowest BCUT2D eigenvalue weighted by atomic mass is 10.6. The van der Waals surface area contributed by atoms with Gasteiger partial charge in [0.15, 0.2) is 5.75 Å². The molecule has 0 aliphatic carbocycles. The topological polar surface area (TPSA) is 110 Å². The zero-order valence-electron chi connectivity index (χ0n) is 10.0. The smallest absolute Gasteiger partial charge is 0.328 e. The summed E-state index contributed by atoms with van der Waals surface area (Å²) in [4.78, 5) is 12.0. The maximum atomic E-state index is 5.62. The molecule has 2 N–H and O–H groups in total. The fourth-order valence-electron chi connectivity index (χ4n) is 1.45. The number of aromatic nitrogens is 7. The van der Waals surface area contributed by atoms with E-state index in [-0.39, 0.29) is 17.9 Å². The highest BCUT2D eigenvalue weighted by molar-refractivity contribution is 5.26. The average molecular weight is 258 g/mol.